The summed E-state index contributed by atoms with van der Waals surface area (Å²) in [4.78, 5) is 0. The lowest BCUT2D eigenvalue weighted by molar-refractivity contribution is 0.945. The first-order valence-electron chi connectivity index (χ1n) is 6.29. The lowest BCUT2D eigenvalue weighted by Crippen LogP contribution is -2.59. The van der Waals surface area contributed by atoms with E-state index in [1.807, 2.05) is 0 Å². The van der Waals surface area contributed by atoms with E-state index in [4.69, 9.17) is 0 Å². The molecule has 0 aromatic rings. The summed E-state index contributed by atoms with van der Waals surface area (Å²) in [5.74, 6) is 0. The zero-order valence-corrected chi connectivity index (χ0v) is 13.6. The van der Waals surface area contributed by atoms with Crippen LogP contribution in [0.2, 0.25) is 29.5 Å². The molecule has 0 radical (unpaired) electrons. The molecule has 0 atom stereocenters. The van der Waals surface area contributed by atoms with E-state index in [-0.39, 0.29) is 0 Å². The van der Waals surface area contributed by atoms with Crippen LogP contribution in [0.3, 0.4) is 0 Å². The zero-order valence-electron chi connectivity index (χ0n) is 10.0. The van der Waals surface area contributed by atoms with Crippen LogP contribution < -0.4 is 0 Å². The van der Waals surface area contributed by atoms with Crippen LogP contribution >= 0.6 is 15.3 Å². The van der Waals surface area contributed by atoms with Gasteiger partial charge in [0, 0.05) is 8.07 Å². The molecule has 0 aromatic heterocycles. The van der Waals surface area contributed by atoms with Crippen LogP contribution in [0.4, 0.5) is 0 Å². The van der Waals surface area contributed by atoms with Crippen LogP contribution in [0.25, 0.3) is 0 Å². The molecule has 14 heavy (non-hydrogen) atoms. The third-order valence-corrected chi connectivity index (χ3v) is 25.5. The first-order chi connectivity index (χ1) is 6.60. The zero-order chi connectivity index (χ0) is 10.7. The van der Waals surface area contributed by atoms with Crippen molar-refractivity contribution in [2.75, 3.05) is 0 Å². The minimum absolute atomic E-state index is 0.701. The van der Waals surface area contributed by atoms with Crippen molar-refractivity contribution in [1.82, 2.24) is 0 Å². The molecule has 0 spiro atoms. The van der Waals surface area contributed by atoms with E-state index < -0.39 is 14.8 Å². The average Bonchev–Trinajstić information content (AvgIpc) is 2.02. The van der Waals surface area contributed by atoms with Gasteiger partial charge in [-0.1, -0.05) is 63.5 Å². The minimum Gasteiger partial charge on any atom is -0.127 e. The SMILES string of the molecule is CCC[Si]1(Br)C[Si](CCC)(CCC)C1. The van der Waals surface area contributed by atoms with Gasteiger partial charge in [0.2, 0.25) is 0 Å². The molecule has 0 amide bonds. The quantitative estimate of drug-likeness (QED) is 0.472. The minimum atomic E-state index is -0.832. The topological polar surface area (TPSA) is 0 Å². The fourth-order valence-corrected chi connectivity index (χ4v) is 33.2. The van der Waals surface area contributed by atoms with Crippen molar-refractivity contribution in [2.45, 2.75) is 69.5 Å². The standard InChI is InChI=1S/C11H25BrSi2/c1-4-7-13(8-5-2)10-14(12,11-13)9-6-3/h4-11H2,1-3H3. The number of hydrogen-bond donors (Lipinski definition) is 0. The number of hydrogen-bond acceptors (Lipinski definition) is 0. The Morgan fingerprint density at radius 1 is 0.857 bits per heavy atom. The summed E-state index contributed by atoms with van der Waals surface area (Å²) in [7, 11) is -0.701. The second-order valence-corrected chi connectivity index (χ2v) is 19.9. The van der Waals surface area contributed by atoms with Gasteiger partial charge in [-0.3, -0.25) is 0 Å². The van der Waals surface area contributed by atoms with Gasteiger partial charge in [-0.15, -0.1) is 15.3 Å². The van der Waals surface area contributed by atoms with Crippen molar-refractivity contribution >= 4 is 30.1 Å². The summed E-state index contributed by atoms with van der Waals surface area (Å²) in [5.41, 5.74) is 3.41. The molecule has 0 nitrogen and oxygen atoms in total. The Bertz CT molecular complexity index is 168. The van der Waals surface area contributed by atoms with Gasteiger partial charge in [0.25, 0.3) is 0 Å². The Morgan fingerprint density at radius 3 is 1.64 bits per heavy atom. The van der Waals surface area contributed by atoms with Crippen molar-refractivity contribution in [3.05, 3.63) is 0 Å². The highest BCUT2D eigenvalue weighted by molar-refractivity contribution is 9.26. The molecule has 1 aliphatic rings. The molecular formula is C11H25BrSi2. The molecule has 0 N–H and O–H groups in total. The first-order valence-corrected chi connectivity index (χ1v) is 14.0. The average molecular weight is 293 g/mol. The maximum atomic E-state index is 4.12. The predicted octanol–water partition coefficient (Wildman–Crippen LogP) is 5.10. The fraction of sp³-hybridized carbons (Fsp3) is 1.00. The van der Waals surface area contributed by atoms with Gasteiger partial charge in [-0.05, 0) is 6.04 Å². The van der Waals surface area contributed by atoms with Crippen LogP contribution in [0.5, 0.6) is 0 Å². The maximum Gasteiger partial charge on any atom is 0.125 e. The molecule has 1 fully saturated rings. The molecule has 0 saturated carbocycles. The molecule has 1 heterocycles. The van der Waals surface area contributed by atoms with E-state index in [0.717, 1.165) is 0 Å². The second-order valence-electron chi connectivity index (χ2n) is 5.25. The maximum absolute atomic E-state index is 4.12. The van der Waals surface area contributed by atoms with E-state index in [1.54, 1.807) is 23.4 Å². The molecule has 3 heteroatoms. The summed E-state index contributed by atoms with van der Waals surface area (Å²) in [6, 6.07) is 4.77. The van der Waals surface area contributed by atoms with Crippen molar-refractivity contribution in [1.29, 1.82) is 0 Å². The molecule has 1 aliphatic heterocycles. The molecule has 0 aliphatic carbocycles. The first kappa shape index (κ1) is 13.0. The van der Waals surface area contributed by atoms with Gasteiger partial charge in [0.05, 0.1) is 0 Å². The Balaban J connectivity index is 2.45. The monoisotopic (exact) mass is 292 g/mol. The van der Waals surface area contributed by atoms with E-state index in [1.165, 1.54) is 25.3 Å². The highest BCUT2D eigenvalue weighted by atomic mass is 79.9. The van der Waals surface area contributed by atoms with Crippen LogP contribution in [-0.4, -0.2) is 14.8 Å². The Hall–Kier alpha value is 0.914. The number of halogens is 1. The summed E-state index contributed by atoms with van der Waals surface area (Å²) < 4.78 is 0. The predicted molar refractivity (Wildman–Crippen MR) is 75.3 cm³/mol. The lowest BCUT2D eigenvalue weighted by Gasteiger charge is -2.51. The highest BCUT2D eigenvalue weighted by Crippen LogP contribution is 2.51. The van der Waals surface area contributed by atoms with E-state index >= 15 is 0 Å². The molecular weight excluding hydrogens is 268 g/mol. The van der Waals surface area contributed by atoms with Crippen molar-refractivity contribution in [3.63, 3.8) is 0 Å². The molecule has 0 aromatic carbocycles. The van der Waals surface area contributed by atoms with Crippen LogP contribution in [0.15, 0.2) is 0 Å². The summed E-state index contributed by atoms with van der Waals surface area (Å²) >= 11 is 4.12. The van der Waals surface area contributed by atoms with E-state index in [9.17, 15) is 0 Å². The van der Waals surface area contributed by atoms with E-state index in [0.29, 0.717) is 0 Å². The Kier molecular flexibility index (Phi) is 4.92. The molecule has 1 rings (SSSR count). The third-order valence-electron chi connectivity index (χ3n) is 3.64. The van der Waals surface area contributed by atoms with Gasteiger partial charge in [-0.2, -0.15) is 0 Å². The fourth-order valence-electron chi connectivity index (χ4n) is 3.46. The summed E-state index contributed by atoms with van der Waals surface area (Å²) in [5, 5.41) is 0. The van der Waals surface area contributed by atoms with Crippen molar-refractivity contribution in [2.24, 2.45) is 0 Å². The van der Waals surface area contributed by atoms with Gasteiger partial charge in [0.1, 0.15) is 6.69 Å². The van der Waals surface area contributed by atoms with Crippen molar-refractivity contribution < 1.29 is 0 Å². The summed E-state index contributed by atoms with van der Waals surface area (Å²) in [6.07, 6.45) is 4.28. The normalized spacial score (nSPS) is 23.1. The summed E-state index contributed by atoms with van der Waals surface area (Å²) in [6.45, 7) is 6.26. The Morgan fingerprint density at radius 2 is 1.29 bits per heavy atom. The Labute approximate surface area is 99.5 Å². The molecule has 0 unspecified atom stereocenters. The van der Waals surface area contributed by atoms with Crippen LogP contribution in [-0.2, 0) is 0 Å². The van der Waals surface area contributed by atoms with Gasteiger partial charge >= 0.3 is 0 Å². The number of rotatable bonds is 6. The molecule has 84 valence electrons. The van der Waals surface area contributed by atoms with Gasteiger partial charge in [-0.25, -0.2) is 0 Å². The van der Waals surface area contributed by atoms with E-state index in [2.05, 4.69) is 36.1 Å². The van der Waals surface area contributed by atoms with Gasteiger partial charge < -0.3 is 0 Å². The largest absolute Gasteiger partial charge is 0.127 e. The van der Waals surface area contributed by atoms with Gasteiger partial charge in [0.15, 0.2) is 0 Å². The second kappa shape index (κ2) is 5.31. The van der Waals surface area contributed by atoms with Crippen molar-refractivity contribution in [3.8, 4) is 0 Å². The van der Waals surface area contributed by atoms with Crippen LogP contribution in [0, 0.1) is 0 Å². The third kappa shape index (κ3) is 2.95. The smallest absolute Gasteiger partial charge is 0.125 e. The molecule has 0 bridgehead atoms. The highest BCUT2D eigenvalue weighted by Gasteiger charge is 2.54. The lowest BCUT2D eigenvalue weighted by atomic mass is 10.6. The molecule has 1 saturated heterocycles. The van der Waals surface area contributed by atoms with Crippen LogP contribution in [0.1, 0.15) is 40.0 Å².